The summed E-state index contributed by atoms with van der Waals surface area (Å²) < 4.78 is 11.7. The summed E-state index contributed by atoms with van der Waals surface area (Å²) in [6.45, 7) is 1.28. The lowest BCUT2D eigenvalue weighted by atomic mass is 9.94. The van der Waals surface area contributed by atoms with Gasteiger partial charge in [0.2, 0.25) is 17.6 Å². The molecular weight excluding hydrogens is 912 g/mol. The molecule has 0 saturated carbocycles. The fourth-order valence-electron chi connectivity index (χ4n) is 8.93. The number of methoxy groups -OCH3 is 2. The van der Waals surface area contributed by atoms with Crippen molar-refractivity contribution in [2.45, 2.75) is 120 Å². The van der Waals surface area contributed by atoms with Crippen molar-refractivity contribution in [3.8, 4) is 0 Å². The number of aliphatic carboxylic acids is 2. The highest BCUT2D eigenvalue weighted by Crippen LogP contribution is 2.35. The topological polar surface area (TPSA) is 191 Å². The van der Waals surface area contributed by atoms with Gasteiger partial charge in [-0.1, -0.05) is 147 Å². The molecule has 6 rings (SSSR count). The number of aliphatic hydroxyl groups excluding tert-OH is 2. The normalized spacial score (nSPS) is 16.8. The fourth-order valence-corrected chi connectivity index (χ4v) is 8.93. The van der Waals surface area contributed by atoms with Crippen LogP contribution in [0.4, 0.5) is 0 Å². The molecule has 0 spiro atoms. The third kappa shape index (κ3) is 16.6. The minimum Gasteiger partial charge on any atom is -0.481 e. The summed E-state index contributed by atoms with van der Waals surface area (Å²) in [6.07, 6.45) is 14.8. The number of unbranched alkanes of at least 4 members (excludes halogenated alkanes) is 6. The average Bonchev–Trinajstić information content (AvgIpc) is 3.91. The average molecular weight is 982 g/mol. The molecule has 2 aliphatic rings. The minimum absolute atomic E-state index is 0. The van der Waals surface area contributed by atoms with E-state index in [0.29, 0.717) is 67.4 Å². The second-order valence-electron chi connectivity index (χ2n) is 17.5. The second kappa shape index (κ2) is 29.3. The molecule has 2 saturated heterocycles. The first kappa shape index (κ1) is 56.6. The Hall–Kier alpha value is -5.96. The molecule has 14 heteroatoms. The lowest BCUT2D eigenvalue weighted by molar-refractivity contribution is -0.183. The third-order valence-corrected chi connectivity index (χ3v) is 12.7. The number of carbonyl (C=O) groups excluding carboxylic acids is 3. The molecule has 2 unspecified atom stereocenters. The van der Waals surface area contributed by atoms with Gasteiger partial charge in [-0.2, -0.15) is 0 Å². The van der Waals surface area contributed by atoms with Crippen LogP contribution >= 0.6 is 12.4 Å². The van der Waals surface area contributed by atoms with Crippen LogP contribution in [0.1, 0.15) is 140 Å². The number of carbonyl (C=O) groups is 5. The van der Waals surface area contributed by atoms with E-state index in [2.05, 4.69) is 0 Å². The Bertz CT molecular complexity index is 2340. The van der Waals surface area contributed by atoms with Gasteiger partial charge in [-0.3, -0.25) is 24.0 Å². The van der Waals surface area contributed by atoms with Crippen molar-refractivity contribution in [2.75, 3.05) is 27.3 Å². The van der Waals surface area contributed by atoms with Gasteiger partial charge >= 0.3 is 11.9 Å². The number of ether oxygens (including phenoxy) is 2. The quantitative estimate of drug-likeness (QED) is 0.0203. The Balaban J connectivity index is 0.000000301. The van der Waals surface area contributed by atoms with Crippen molar-refractivity contribution in [1.29, 1.82) is 0 Å². The number of aliphatic hydroxyl groups is 2. The second-order valence-corrected chi connectivity index (χ2v) is 17.5. The number of halogens is 1. The maximum Gasteiger partial charge on any atom is 0.303 e. The summed E-state index contributed by atoms with van der Waals surface area (Å²) >= 11 is 0. The number of hydrogen-bond donors (Lipinski definition) is 4. The van der Waals surface area contributed by atoms with E-state index in [1.165, 1.54) is 0 Å². The van der Waals surface area contributed by atoms with E-state index >= 15 is 0 Å². The van der Waals surface area contributed by atoms with Gasteiger partial charge in [0.1, 0.15) is 0 Å². The predicted molar refractivity (Wildman–Crippen MR) is 270 cm³/mol. The summed E-state index contributed by atoms with van der Waals surface area (Å²) in [7, 11) is 3.19. The van der Waals surface area contributed by atoms with Gasteiger partial charge in [-0.05, 0) is 61.8 Å². The number of hydrogen-bond acceptors (Lipinski definition) is 9. The Morgan fingerprint density at radius 3 is 1.50 bits per heavy atom. The van der Waals surface area contributed by atoms with E-state index < -0.39 is 29.9 Å². The standard InChI is InChI=1S/C29H37NO6.C27H31NO5.ClH/c1-35-29(36-2,23-12-6-5-7-13-23)24-14-10-11-22(21-24)26(31)18-16-25-17-19-27(32)30(25)20-9-4-3-8-15-28(33)34;29-24(21-11-8-12-22(19-21)27(33)20-9-4-3-5-10-20)16-14-23-15-17-25(30)28(23)18-7-2-1-6-13-26(31)32;/h5-7,10-14,16,18,21,25-26,31H,3-4,8-9,15,17,19-20H2,1-2H3,(H,33,34);3-5,8-12,14,16,19,23-24,29H,1-2,6-7,13,15,17-18H2,(H,31,32);1H/b18-16+;16-14+;/t25-,26?;23-,24?;/m00./s1. The van der Waals surface area contributed by atoms with E-state index in [0.717, 1.165) is 56.1 Å². The Morgan fingerprint density at radius 2 is 1.01 bits per heavy atom. The molecule has 4 atom stereocenters. The number of nitrogens with zero attached hydrogens (tertiary/aromatic N) is 2. The minimum atomic E-state index is -1.10. The van der Waals surface area contributed by atoms with E-state index in [-0.39, 0.29) is 54.9 Å². The summed E-state index contributed by atoms with van der Waals surface area (Å²) in [5, 5.41) is 39.0. The van der Waals surface area contributed by atoms with Gasteiger partial charge < -0.3 is 39.7 Å². The van der Waals surface area contributed by atoms with Crippen molar-refractivity contribution < 1.29 is 53.9 Å². The Morgan fingerprint density at radius 1 is 0.586 bits per heavy atom. The van der Waals surface area contributed by atoms with Crippen molar-refractivity contribution >= 4 is 41.9 Å². The molecule has 2 heterocycles. The van der Waals surface area contributed by atoms with Crippen LogP contribution < -0.4 is 0 Å². The van der Waals surface area contributed by atoms with Crippen molar-refractivity contribution in [3.05, 3.63) is 167 Å². The molecule has 2 amide bonds. The van der Waals surface area contributed by atoms with Crippen molar-refractivity contribution in [1.82, 2.24) is 9.80 Å². The monoisotopic (exact) mass is 980 g/mol. The van der Waals surface area contributed by atoms with E-state index in [4.69, 9.17) is 19.7 Å². The first-order valence-corrected chi connectivity index (χ1v) is 24.1. The van der Waals surface area contributed by atoms with E-state index in [1.807, 2.05) is 94.7 Å². The van der Waals surface area contributed by atoms with Gasteiger partial charge in [0.15, 0.2) is 5.78 Å². The molecule has 376 valence electrons. The number of carboxylic acids is 2. The van der Waals surface area contributed by atoms with Crippen LogP contribution in [0.25, 0.3) is 0 Å². The van der Waals surface area contributed by atoms with Gasteiger partial charge in [-0.15, -0.1) is 12.4 Å². The van der Waals surface area contributed by atoms with Gasteiger partial charge in [-0.25, -0.2) is 0 Å². The lowest BCUT2D eigenvalue weighted by Crippen LogP contribution is -2.32. The molecule has 0 aromatic heterocycles. The van der Waals surface area contributed by atoms with Crippen LogP contribution in [0.3, 0.4) is 0 Å². The zero-order valence-corrected chi connectivity index (χ0v) is 41.1. The molecule has 4 N–H and O–H groups in total. The smallest absolute Gasteiger partial charge is 0.303 e. The zero-order chi connectivity index (χ0) is 49.6. The molecule has 13 nitrogen and oxygen atoms in total. The highest BCUT2D eigenvalue weighted by molar-refractivity contribution is 6.09. The fraction of sp³-hybridized carbons (Fsp3) is 0.411. The lowest BCUT2D eigenvalue weighted by Gasteiger charge is -2.32. The highest BCUT2D eigenvalue weighted by atomic mass is 35.5. The maximum absolute atomic E-state index is 12.7. The number of carboxylic acid groups (broad SMARTS) is 2. The van der Waals surface area contributed by atoms with Gasteiger partial charge in [0.05, 0.1) is 24.3 Å². The van der Waals surface area contributed by atoms with Gasteiger partial charge in [0.25, 0.3) is 0 Å². The van der Waals surface area contributed by atoms with Crippen molar-refractivity contribution in [2.24, 2.45) is 0 Å². The largest absolute Gasteiger partial charge is 0.481 e. The molecule has 0 radical (unpaired) electrons. The summed E-state index contributed by atoms with van der Waals surface area (Å²) in [6, 6.07) is 33.1. The third-order valence-electron chi connectivity index (χ3n) is 12.7. The van der Waals surface area contributed by atoms with E-state index in [9.17, 15) is 34.2 Å². The van der Waals surface area contributed by atoms with Crippen LogP contribution in [0, 0.1) is 0 Å². The number of likely N-dealkylation sites (tertiary alicyclic amines) is 2. The first-order valence-electron chi connectivity index (χ1n) is 24.1. The van der Waals surface area contributed by atoms with Crippen LogP contribution in [0.15, 0.2) is 133 Å². The number of ketones is 1. The van der Waals surface area contributed by atoms with Crippen LogP contribution in [-0.2, 0) is 34.4 Å². The summed E-state index contributed by atoms with van der Waals surface area (Å²) in [4.78, 5) is 62.3. The molecule has 2 aliphatic heterocycles. The molecule has 70 heavy (non-hydrogen) atoms. The predicted octanol–water partition coefficient (Wildman–Crippen LogP) is 9.75. The van der Waals surface area contributed by atoms with Crippen LogP contribution in [0.5, 0.6) is 0 Å². The zero-order valence-electron chi connectivity index (χ0n) is 40.3. The molecule has 0 bridgehead atoms. The molecule has 2 fully saturated rings. The Labute approximate surface area is 418 Å². The first-order chi connectivity index (χ1) is 33.4. The van der Waals surface area contributed by atoms with Gasteiger partial charge in [0, 0.05) is 75.2 Å². The number of amides is 2. The number of benzene rings is 4. The molecule has 4 aromatic carbocycles. The van der Waals surface area contributed by atoms with Crippen LogP contribution in [0.2, 0.25) is 0 Å². The molecule has 0 aliphatic carbocycles. The number of rotatable bonds is 26. The van der Waals surface area contributed by atoms with Crippen molar-refractivity contribution in [3.63, 3.8) is 0 Å². The SMILES string of the molecule is COC(OC)(c1ccccc1)c1cccc(C(O)/C=C/[C@H]2CCC(=O)N2CCCCCCC(=O)O)c1.Cl.O=C(O)CCCCCCN1C(=O)CC[C@@H]1/C=C/C(O)c1cccc(C(=O)c2ccccc2)c1. The van der Waals surface area contributed by atoms with E-state index in [1.54, 1.807) is 62.8 Å². The molecule has 4 aromatic rings. The molecular formula is C56H69ClN2O11. The highest BCUT2D eigenvalue weighted by Gasteiger charge is 2.35. The Kier molecular flexibility index (Phi) is 23.7. The summed E-state index contributed by atoms with van der Waals surface area (Å²) in [5.41, 5.74) is 4.06. The maximum atomic E-state index is 12.7. The van der Waals surface area contributed by atoms with Crippen LogP contribution in [-0.4, -0.2) is 99.2 Å². The summed E-state index contributed by atoms with van der Waals surface area (Å²) in [5.74, 6) is -2.50.